The Labute approximate surface area is 76.0 Å². The molecule has 0 atom stereocenters. The summed E-state index contributed by atoms with van der Waals surface area (Å²) < 4.78 is 0. The largest absolute Gasteiger partial charge is 0.0991 e. The molecule has 0 nitrogen and oxygen atoms in total. The first-order chi connectivity index (χ1) is 5.67. The highest BCUT2D eigenvalue weighted by Gasteiger charge is 2.03. The van der Waals surface area contributed by atoms with Crippen LogP contribution in [0.1, 0.15) is 20.8 Å². The van der Waals surface area contributed by atoms with Gasteiger partial charge in [-0.05, 0) is 24.0 Å². The Hall–Kier alpha value is -1.04. The third kappa shape index (κ3) is 2.91. The SMILES string of the molecule is C=C/C=C(\C(C=C)=C/C)C(C)C. The van der Waals surface area contributed by atoms with E-state index in [0.29, 0.717) is 5.92 Å². The molecule has 0 aromatic heterocycles. The number of allylic oxidation sites excluding steroid dienone is 6. The summed E-state index contributed by atoms with van der Waals surface area (Å²) in [7, 11) is 0. The van der Waals surface area contributed by atoms with E-state index in [1.165, 1.54) is 11.1 Å². The summed E-state index contributed by atoms with van der Waals surface area (Å²) in [6.45, 7) is 13.8. The fraction of sp³-hybridized carbons (Fsp3) is 0.333. The van der Waals surface area contributed by atoms with Gasteiger partial charge in [0.1, 0.15) is 0 Å². The molecule has 0 fully saturated rings. The number of hydrogen-bond acceptors (Lipinski definition) is 0. The molecule has 0 saturated heterocycles. The van der Waals surface area contributed by atoms with E-state index < -0.39 is 0 Å². The van der Waals surface area contributed by atoms with Crippen molar-refractivity contribution in [1.82, 2.24) is 0 Å². The highest BCUT2D eigenvalue weighted by molar-refractivity contribution is 5.41. The Kier molecular flexibility index (Phi) is 5.11. The molecule has 0 heterocycles. The second-order valence-electron chi connectivity index (χ2n) is 2.96. The van der Waals surface area contributed by atoms with Crippen LogP contribution in [0.2, 0.25) is 0 Å². The van der Waals surface area contributed by atoms with Crippen molar-refractivity contribution in [1.29, 1.82) is 0 Å². The summed E-state index contributed by atoms with van der Waals surface area (Å²) in [6, 6.07) is 0. The van der Waals surface area contributed by atoms with Gasteiger partial charge in [0.05, 0.1) is 0 Å². The topological polar surface area (TPSA) is 0 Å². The van der Waals surface area contributed by atoms with Crippen LogP contribution >= 0.6 is 0 Å². The van der Waals surface area contributed by atoms with Crippen molar-refractivity contribution < 1.29 is 0 Å². The van der Waals surface area contributed by atoms with E-state index in [2.05, 4.69) is 33.1 Å². The molecule has 0 aliphatic carbocycles. The zero-order chi connectivity index (χ0) is 9.56. The molecule has 0 amide bonds. The lowest BCUT2D eigenvalue weighted by Gasteiger charge is -2.11. The van der Waals surface area contributed by atoms with Gasteiger partial charge < -0.3 is 0 Å². The zero-order valence-corrected chi connectivity index (χ0v) is 8.30. The van der Waals surface area contributed by atoms with Crippen molar-refractivity contribution in [2.45, 2.75) is 20.8 Å². The molecule has 0 aliphatic rings. The summed E-state index contributed by atoms with van der Waals surface area (Å²) in [4.78, 5) is 0. The van der Waals surface area contributed by atoms with Crippen molar-refractivity contribution in [3.8, 4) is 0 Å². The van der Waals surface area contributed by atoms with Gasteiger partial charge in [0.25, 0.3) is 0 Å². The molecular formula is C12H18. The molecule has 0 spiro atoms. The van der Waals surface area contributed by atoms with Crippen LogP contribution in [-0.2, 0) is 0 Å². The summed E-state index contributed by atoms with van der Waals surface area (Å²) in [5.74, 6) is 0.521. The predicted molar refractivity (Wildman–Crippen MR) is 57.1 cm³/mol. The molecule has 0 saturated carbocycles. The minimum absolute atomic E-state index is 0.521. The number of rotatable bonds is 4. The van der Waals surface area contributed by atoms with Gasteiger partial charge >= 0.3 is 0 Å². The lowest BCUT2D eigenvalue weighted by Crippen LogP contribution is -1.95. The van der Waals surface area contributed by atoms with Crippen LogP contribution in [0.3, 0.4) is 0 Å². The lowest BCUT2D eigenvalue weighted by molar-refractivity contribution is 0.783. The second kappa shape index (κ2) is 5.59. The van der Waals surface area contributed by atoms with Crippen LogP contribution in [0.5, 0.6) is 0 Å². The Balaban J connectivity index is 4.85. The Bertz CT molecular complexity index is 214. The molecule has 0 rings (SSSR count). The molecule has 0 radical (unpaired) electrons. The van der Waals surface area contributed by atoms with Crippen molar-refractivity contribution in [2.24, 2.45) is 5.92 Å². The van der Waals surface area contributed by atoms with Gasteiger partial charge in [0.2, 0.25) is 0 Å². The van der Waals surface area contributed by atoms with Crippen LogP contribution in [0.4, 0.5) is 0 Å². The molecule has 0 bridgehead atoms. The maximum Gasteiger partial charge on any atom is -0.0213 e. The third-order valence-corrected chi connectivity index (χ3v) is 1.78. The van der Waals surface area contributed by atoms with E-state index in [1.54, 1.807) is 0 Å². The Morgan fingerprint density at radius 2 is 1.83 bits per heavy atom. The van der Waals surface area contributed by atoms with Gasteiger partial charge in [-0.25, -0.2) is 0 Å². The molecule has 0 heteroatoms. The van der Waals surface area contributed by atoms with E-state index in [1.807, 2.05) is 25.2 Å². The Morgan fingerprint density at radius 3 is 2.08 bits per heavy atom. The summed E-state index contributed by atoms with van der Waals surface area (Å²) in [5, 5.41) is 0. The Morgan fingerprint density at radius 1 is 1.25 bits per heavy atom. The third-order valence-electron chi connectivity index (χ3n) is 1.78. The summed E-state index contributed by atoms with van der Waals surface area (Å²) in [5.41, 5.74) is 2.49. The quantitative estimate of drug-likeness (QED) is 0.550. The van der Waals surface area contributed by atoms with E-state index in [0.717, 1.165) is 0 Å². The van der Waals surface area contributed by atoms with Gasteiger partial charge in [-0.2, -0.15) is 0 Å². The van der Waals surface area contributed by atoms with Crippen molar-refractivity contribution in [3.05, 3.63) is 48.6 Å². The molecule has 0 N–H and O–H groups in total. The first-order valence-corrected chi connectivity index (χ1v) is 4.29. The molecule has 0 aromatic carbocycles. The van der Waals surface area contributed by atoms with Gasteiger partial charge in [0, 0.05) is 0 Å². The normalized spacial score (nSPS) is 13.3. The highest BCUT2D eigenvalue weighted by Crippen LogP contribution is 2.19. The van der Waals surface area contributed by atoms with Crippen LogP contribution < -0.4 is 0 Å². The highest BCUT2D eigenvalue weighted by atomic mass is 14.1. The smallest absolute Gasteiger partial charge is 0.0213 e. The maximum atomic E-state index is 3.77. The van der Waals surface area contributed by atoms with Crippen LogP contribution in [0.15, 0.2) is 48.6 Å². The molecule has 66 valence electrons. The van der Waals surface area contributed by atoms with E-state index in [-0.39, 0.29) is 0 Å². The lowest BCUT2D eigenvalue weighted by atomic mass is 9.94. The van der Waals surface area contributed by atoms with Crippen molar-refractivity contribution in [2.75, 3.05) is 0 Å². The average molecular weight is 162 g/mol. The fourth-order valence-corrected chi connectivity index (χ4v) is 1.15. The second-order valence-corrected chi connectivity index (χ2v) is 2.96. The first kappa shape index (κ1) is 11.0. The maximum absolute atomic E-state index is 3.77. The standard InChI is InChI=1S/C12H18/c1-6-9-12(10(4)5)11(7-2)8-3/h6-10H,1-2H2,3-5H3/b11-8-,12-9-. The predicted octanol–water partition coefficient (Wildman–Crippen LogP) is 3.89. The first-order valence-electron chi connectivity index (χ1n) is 4.29. The van der Waals surface area contributed by atoms with Gasteiger partial charge in [-0.1, -0.05) is 51.3 Å². The minimum Gasteiger partial charge on any atom is -0.0991 e. The molecule has 0 aromatic rings. The van der Waals surface area contributed by atoms with Gasteiger partial charge in [-0.3, -0.25) is 0 Å². The molecule has 0 aliphatic heterocycles. The van der Waals surface area contributed by atoms with Crippen molar-refractivity contribution in [3.63, 3.8) is 0 Å². The molecule has 12 heavy (non-hydrogen) atoms. The van der Waals surface area contributed by atoms with Crippen molar-refractivity contribution >= 4 is 0 Å². The van der Waals surface area contributed by atoms with Gasteiger partial charge in [-0.15, -0.1) is 0 Å². The summed E-state index contributed by atoms with van der Waals surface area (Å²) in [6.07, 6.45) is 7.82. The van der Waals surface area contributed by atoms with E-state index >= 15 is 0 Å². The zero-order valence-electron chi connectivity index (χ0n) is 8.30. The summed E-state index contributed by atoms with van der Waals surface area (Å²) >= 11 is 0. The van der Waals surface area contributed by atoms with Crippen LogP contribution in [0, 0.1) is 5.92 Å². The van der Waals surface area contributed by atoms with Crippen LogP contribution in [-0.4, -0.2) is 0 Å². The van der Waals surface area contributed by atoms with E-state index in [4.69, 9.17) is 0 Å². The molecule has 0 unspecified atom stereocenters. The monoisotopic (exact) mass is 162 g/mol. The fourth-order valence-electron chi connectivity index (χ4n) is 1.15. The van der Waals surface area contributed by atoms with Crippen LogP contribution in [0.25, 0.3) is 0 Å². The molecular weight excluding hydrogens is 144 g/mol. The minimum atomic E-state index is 0.521. The number of hydrogen-bond donors (Lipinski definition) is 0. The average Bonchev–Trinajstić information content (AvgIpc) is 2.05. The van der Waals surface area contributed by atoms with E-state index in [9.17, 15) is 0 Å². The van der Waals surface area contributed by atoms with Gasteiger partial charge in [0.15, 0.2) is 0 Å².